The number of aliphatic hydroxyl groups is 1. The predicted octanol–water partition coefficient (Wildman–Crippen LogP) is 2.00. The van der Waals surface area contributed by atoms with E-state index in [0.717, 1.165) is 47.9 Å². The van der Waals surface area contributed by atoms with Crippen molar-refractivity contribution >= 4 is 21.3 Å². The Hall–Kier alpha value is -3.91. The summed E-state index contributed by atoms with van der Waals surface area (Å²) in [6.07, 6.45) is 5.26. The summed E-state index contributed by atoms with van der Waals surface area (Å²) in [4.78, 5) is 7.95. The number of aromatic nitrogens is 6. The van der Waals surface area contributed by atoms with Crippen molar-refractivity contribution < 1.29 is 13.5 Å². The molecule has 0 aliphatic carbocycles. The van der Waals surface area contributed by atoms with E-state index >= 15 is 0 Å². The summed E-state index contributed by atoms with van der Waals surface area (Å²) in [6.45, 7) is 4.10. The quantitative estimate of drug-likeness (QED) is 0.413. The second kappa shape index (κ2) is 13.1. The first-order valence-electron chi connectivity index (χ1n) is 10.3. The first-order valence-corrected chi connectivity index (χ1v) is 11.9. The molecule has 0 saturated carbocycles. The fraction of sp³-hybridized carbons (Fsp3) is 0.364. The van der Waals surface area contributed by atoms with Gasteiger partial charge >= 0.3 is 0 Å². The van der Waals surface area contributed by atoms with Crippen LogP contribution in [0.5, 0.6) is 0 Å². The Morgan fingerprint density at radius 2 is 1.51 bits per heavy atom. The first-order chi connectivity index (χ1) is 16.3. The fourth-order valence-corrected chi connectivity index (χ4v) is 3.77. The zero-order valence-corrected chi connectivity index (χ0v) is 19.9. The summed E-state index contributed by atoms with van der Waals surface area (Å²) in [5.41, 5.74) is 2.93. The van der Waals surface area contributed by atoms with Crippen molar-refractivity contribution in [2.24, 2.45) is 5.14 Å². The standard InChI is InChI=1S/C10H11N5O2S.C10H10N4.CH4O.CH4/c1-2-3-7-4-5-9-13-8(6-11)10(15(9)14-7)18(12,16)17;1-2-3-8-4-5-10-12-9(6-11)7-14(10)13-8;1-2;/h4-5H,2-3H2,1H3,(H2,12,16,17);4-5,7H,2-3H2,1H3;2H,1H3;1H4. The molecule has 3 N–H and O–H groups in total. The highest BCUT2D eigenvalue weighted by Gasteiger charge is 2.23. The van der Waals surface area contributed by atoms with E-state index in [2.05, 4.69) is 27.1 Å². The molecule has 0 amide bonds. The van der Waals surface area contributed by atoms with Crippen LogP contribution in [0, 0.1) is 22.7 Å². The molecule has 35 heavy (non-hydrogen) atoms. The summed E-state index contributed by atoms with van der Waals surface area (Å²) in [5, 5.41) is 37.7. The molecule has 0 aliphatic heterocycles. The Labute approximate surface area is 204 Å². The molecule has 4 aromatic rings. The Morgan fingerprint density at radius 1 is 0.943 bits per heavy atom. The number of sulfonamides is 1. The third kappa shape index (κ3) is 7.04. The molecule has 0 spiro atoms. The van der Waals surface area contributed by atoms with Gasteiger partial charge < -0.3 is 5.11 Å². The number of aryl methyl sites for hydroxylation is 2. The maximum absolute atomic E-state index is 11.5. The van der Waals surface area contributed by atoms with Crippen LogP contribution in [0.25, 0.3) is 11.3 Å². The molecule has 0 bridgehead atoms. The number of nitrogens with zero attached hydrogens (tertiary/aromatic N) is 8. The number of imidazole rings is 2. The van der Waals surface area contributed by atoms with Gasteiger partial charge in [-0.15, -0.1) is 0 Å². The predicted molar refractivity (Wildman–Crippen MR) is 130 cm³/mol. The largest absolute Gasteiger partial charge is 0.400 e. The first kappa shape index (κ1) is 29.1. The number of nitriles is 2. The Balaban J connectivity index is 0.000000326. The molecule has 186 valence electrons. The van der Waals surface area contributed by atoms with Crippen molar-refractivity contribution in [3.8, 4) is 12.1 Å². The van der Waals surface area contributed by atoms with Crippen molar-refractivity contribution in [1.29, 1.82) is 10.5 Å². The van der Waals surface area contributed by atoms with Gasteiger partial charge in [-0.25, -0.2) is 28.0 Å². The van der Waals surface area contributed by atoms with Crippen molar-refractivity contribution in [2.45, 2.75) is 52.0 Å². The van der Waals surface area contributed by atoms with Crippen LogP contribution in [0.4, 0.5) is 0 Å². The molecule has 0 aliphatic rings. The van der Waals surface area contributed by atoms with Crippen LogP contribution >= 0.6 is 0 Å². The van der Waals surface area contributed by atoms with Crippen molar-refractivity contribution in [2.75, 3.05) is 7.11 Å². The molecule has 0 fully saturated rings. The molecular weight excluding hydrogens is 470 g/mol. The Bertz CT molecular complexity index is 1460. The van der Waals surface area contributed by atoms with Gasteiger partial charge in [-0.05, 0) is 37.1 Å². The van der Waals surface area contributed by atoms with Gasteiger partial charge in [0, 0.05) is 7.11 Å². The van der Waals surface area contributed by atoms with Gasteiger partial charge in [0.05, 0.1) is 17.6 Å². The van der Waals surface area contributed by atoms with E-state index < -0.39 is 10.0 Å². The molecule has 0 radical (unpaired) electrons. The molecular formula is C22H29N9O3S. The van der Waals surface area contributed by atoms with Gasteiger partial charge in [0.25, 0.3) is 10.0 Å². The summed E-state index contributed by atoms with van der Waals surface area (Å²) < 4.78 is 25.7. The third-order valence-electron chi connectivity index (χ3n) is 4.37. The molecule has 4 rings (SSSR count). The highest BCUT2D eigenvalue weighted by atomic mass is 32.2. The number of nitrogens with two attached hydrogens (primary N) is 1. The molecule has 0 unspecified atom stereocenters. The Kier molecular flexibility index (Phi) is 10.9. The van der Waals surface area contributed by atoms with Crippen LogP contribution in [0.3, 0.4) is 0 Å². The summed E-state index contributed by atoms with van der Waals surface area (Å²) in [7, 11) is -3.05. The van der Waals surface area contributed by atoms with Crippen LogP contribution in [0.1, 0.15) is 56.9 Å². The van der Waals surface area contributed by atoms with Crippen LogP contribution in [-0.4, -0.2) is 49.8 Å². The van der Waals surface area contributed by atoms with Gasteiger partial charge in [0.15, 0.2) is 22.7 Å². The van der Waals surface area contributed by atoms with E-state index in [4.69, 9.17) is 20.8 Å². The SMILES string of the molecule is C.CCCc1ccc2nc(C#N)c(S(N)(=O)=O)n2n1.CCCc1ccc2nc(C#N)cn2n1.CO. The van der Waals surface area contributed by atoms with E-state index in [1.165, 1.54) is 0 Å². The average Bonchev–Trinajstić information content (AvgIpc) is 3.41. The van der Waals surface area contributed by atoms with Crippen molar-refractivity contribution in [3.05, 3.63) is 53.2 Å². The molecule has 4 heterocycles. The second-order valence-corrected chi connectivity index (χ2v) is 8.36. The lowest BCUT2D eigenvalue weighted by Crippen LogP contribution is -2.17. The smallest absolute Gasteiger partial charge is 0.258 e. The van der Waals surface area contributed by atoms with Gasteiger partial charge in [-0.2, -0.15) is 25.2 Å². The van der Waals surface area contributed by atoms with Crippen molar-refractivity contribution in [3.63, 3.8) is 0 Å². The zero-order valence-electron chi connectivity index (χ0n) is 19.0. The van der Waals surface area contributed by atoms with E-state index in [9.17, 15) is 8.42 Å². The van der Waals surface area contributed by atoms with E-state index in [0.29, 0.717) is 12.1 Å². The third-order valence-corrected chi connectivity index (χ3v) is 5.27. The average molecular weight is 500 g/mol. The van der Waals surface area contributed by atoms with Gasteiger partial charge in [0.2, 0.25) is 5.03 Å². The number of hydrogen-bond acceptors (Lipinski definition) is 9. The normalized spacial score (nSPS) is 10.3. The number of primary sulfonamides is 1. The van der Waals surface area contributed by atoms with Gasteiger partial charge in [-0.1, -0.05) is 34.1 Å². The number of fused-ring (bicyclic) bond motifs is 2. The Morgan fingerprint density at radius 3 is 2.03 bits per heavy atom. The van der Waals surface area contributed by atoms with Gasteiger partial charge in [-0.3, -0.25) is 0 Å². The van der Waals surface area contributed by atoms with Crippen molar-refractivity contribution in [1.82, 2.24) is 29.2 Å². The molecule has 0 saturated heterocycles. The number of aliphatic hydroxyl groups excluding tert-OH is 1. The van der Waals surface area contributed by atoms with E-state index in [-0.39, 0.29) is 23.8 Å². The monoisotopic (exact) mass is 499 g/mol. The lowest BCUT2D eigenvalue weighted by molar-refractivity contribution is 0.399. The van der Waals surface area contributed by atoms with E-state index in [1.54, 1.807) is 28.9 Å². The molecule has 0 aromatic carbocycles. The summed E-state index contributed by atoms with van der Waals surface area (Å²) in [6, 6.07) is 10.9. The fourth-order valence-electron chi connectivity index (χ4n) is 3.03. The van der Waals surface area contributed by atoms with Crippen LogP contribution < -0.4 is 5.14 Å². The zero-order chi connectivity index (χ0) is 25.3. The molecule has 13 heteroatoms. The van der Waals surface area contributed by atoms with Crippen LogP contribution in [-0.2, 0) is 22.9 Å². The molecule has 0 atom stereocenters. The highest BCUT2D eigenvalue weighted by molar-refractivity contribution is 7.89. The maximum atomic E-state index is 11.5. The highest BCUT2D eigenvalue weighted by Crippen LogP contribution is 2.15. The lowest BCUT2D eigenvalue weighted by Gasteiger charge is -2.01. The van der Waals surface area contributed by atoms with Crippen LogP contribution in [0.15, 0.2) is 35.5 Å². The minimum atomic E-state index is -4.05. The van der Waals surface area contributed by atoms with Gasteiger partial charge in [0.1, 0.15) is 12.1 Å². The van der Waals surface area contributed by atoms with E-state index in [1.807, 2.05) is 25.1 Å². The topological polar surface area (TPSA) is 188 Å². The molecule has 4 aromatic heterocycles. The second-order valence-electron chi connectivity index (χ2n) is 6.88. The van der Waals surface area contributed by atoms with Crippen LogP contribution in [0.2, 0.25) is 0 Å². The summed E-state index contributed by atoms with van der Waals surface area (Å²) >= 11 is 0. The lowest BCUT2D eigenvalue weighted by atomic mass is 10.2. The summed E-state index contributed by atoms with van der Waals surface area (Å²) in [5.74, 6) is 0. The molecule has 12 nitrogen and oxygen atoms in total. The minimum Gasteiger partial charge on any atom is -0.400 e. The number of hydrogen-bond donors (Lipinski definition) is 2. The number of rotatable bonds is 5. The maximum Gasteiger partial charge on any atom is 0.258 e. The minimum absolute atomic E-state index is 0.